The first kappa shape index (κ1) is 23.9. The monoisotopic (exact) mass is 478 g/mol. The number of aromatic amines is 1. The number of amides is 1. The van der Waals surface area contributed by atoms with E-state index in [0.29, 0.717) is 34.1 Å². The number of fused-ring (bicyclic) bond motifs is 2. The number of carbonyl (C=O) groups is 2. The van der Waals surface area contributed by atoms with E-state index < -0.39 is 29.6 Å². The highest BCUT2D eigenvalue weighted by atomic mass is 16.5. The van der Waals surface area contributed by atoms with Gasteiger partial charge >= 0.3 is 11.6 Å². The molecule has 0 fully saturated rings. The maximum atomic E-state index is 12.9. The van der Waals surface area contributed by atoms with Crippen molar-refractivity contribution in [2.24, 2.45) is 0 Å². The number of H-pyrrole nitrogens is 1. The Hall–Kier alpha value is -4.27. The lowest BCUT2D eigenvalue weighted by molar-refractivity contribution is -0.142. The third-order valence-corrected chi connectivity index (χ3v) is 5.88. The number of aromatic hydroxyl groups is 1. The second kappa shape index (κ2) is 9.54. The Labute approximate surface area is 200 Å². The SMILES string of the molecule is CCc1cc(=O)oc2cc(C)cc(O[C@@H](C)C(=O)N[C@H](Cc3c[nH]c4ccc(O)cc34)C(=O)O)c12. The zero-order chi connectivity index (χ0) is 25.3. The smallest absolute Gasteiger partial charge is 0.336 e. The summed E-state index contributed by atoms with van der Waals surface area (Å²) in [6, 6.07) is 8.42. The zero-order valence-electron chi connectivity index (χ0n) is 19.5. The molecule has 0 bridgehead atoms. The molecule has 9 nitrogen and oxygen atoms in total. The highest BCUT2D eigenvalue weighted by molar-refractivity contribution is 5.90. The predicted molar refractivity (Wildman–Crippen MR) is 130 cm³/mol. The van der Waals surface area contributed by atoms with Gasteiger partial charge in [0.15, 0.2) is 6.10 Å². The van der Waals surface area contributed by atoms with Crippen LogP contribution in [0.25, 0.3) is 21.9 Å². The minimum Gasteiger partial charge on any atom is -0.508 e. The molecule has 35 heavy (non-hydrogen) atoms. The second-order valence-electron chi connectivity index (χ2n) is 8.49. The molecule has 0 radical (unpaired) electrons. The van der Waals surface area contributed by atoms with Crippen molar-refractivity contribution < 1.29 is 29.0 Å². The fourth-order valence-corrected chi connectivity index (χ4v) is 4.13. The van der Waals surface area contributed by atoms with Crippen LogP contribution in [-0.4, -0.2) is 39.2 Å². The van der Waals surface area contributed by atoms with E-state index in [9.17, 15) is 24.6 Å². The van der Waals surface area contributed by atoms with Crippen molar-refractivity contribution in [3.63, 3.8) is 0 Å². The quantitative estimate of drug-likeness (QED) is 0.284. The van der Waals surface area contributed by atoms with Crippen LogP contribution in [0.4, 0.5) is 0 Å². The molecule has 2 heterocycles. The Morgan fingerprint density at radius 1 is 1.17 bits per heavy atom. The Balaban J connectivity index is 1.56. The number of carboxylic acid groups (broad SMARTS) is 1. The second-order valence-corrected chi connectivity index (χ2v) is 8.49. The van der Waals surface area contributed by atoms with Crippen molar-refractivity contribution in [1.29, 1.82) is 0 Å². The van der Waals surface area contributed by atoms with Crippen LogP contribution in [-0.2, 0) is 22.4 Å². The molecule has 182 valence electrons. The van der Waals surface area contributed by atoms with Crippen LogP contribution < -0.4 is 15.7 Å². The molecule has 9 heteroatoms. The van der Waals surface area contributed by atoms with Crippen LogP contribution in [0.2, 0.25) is 0 Å². The number of carboxylic acids is 1. The minimum atomic E-state index is -1.21. The van der Waals surface area contributed by atoms with Crippen LogP contribution in [0.3, 0.4) is 0 Å². The zero-order valence-corrected chi connectivity index (χ0v) is 19.5. The summed E-state index contributed by atoms with van der Waals surface area (Å²) in [6.07, 6.45) is 1.20. The molecule has 0 aliphatic carbocycles. The molecule has 1 amide bonds. The van der Waals surface area contributed by atoms with E-state index in [-0.39, 0.29) is 12.2 Å². The van der Waals surface area contributed by atoms with Gasteiger partial charge in [-0.05, 0) is 67.3 Å². The first-order valence-electron chi connectivity index (χ1n) is 11.2. The molecular formula is C26H26N2O7. The fraction of sp³-hybridized carbons (Fsp3) is 0.269. The molecule has 4 N–H and O–H groups in total. The van der Waals surface area contributed by atoms with Gasteiger partial charge in [0.2, 0.25) is 0 Å². The summed E-state index contributed by atoms with van der Waals surface area (Å²) in [6.45, 7) is 5.24. The largest absolute Gasteiger partial charge is 0.508 e. The first-order valence-corrected chi connectivity index (χ1v) is 11.2. The van der Waals surface area contributed by atoms with E-state index in [1.807, 2.05) is 13.8 Å². The molecule has 0 spiro atoms. The number of ether oxygens (including phenoxy) is 1. The maximum absolute atomic E-state index is 12.9. The van der Waals surface area contributed by atoms with Gasteiger partial charge in [-0.15, -0.1) is 0 Å². The summed E-state index contributed by atoms with van der Waals surface area (Å²) in [5.41, 5.74) is 2.79. The Morgan fingerprint density at radius 2 is 1.94 bits per heavy atom. The van der Waals surface area contributed by atoms with Crippen molar-refractivity contribution in [2.75, 3.05) is 0 Å². The topological polar surface area (TPSA) is 142 Å². The number of carbonyl (C=O) groups excluding carboxylic acids is 1. The molecule has 0 unspecified atom stereocenters. The number of hydrogen-bond donors (Lipinski definition) is 4. The number of rotatable bonds is 8. The molecule has 4 aromatic rings. The molecule has 0 aliphatic heterocycles. The van der Waals surface area contributed by atoms with E-state index in [0.717, 1.165) is 16.6 Å². The van der Waals surface area contributed by atoms with Gasteiger partial charge in [0.1, 0.15) is 23.1 Å². The normalized spacial score (nSPS) is 13.0. The van der Waals surface area contributed by atoms with Crippen LogP contribution in [0.5, 0.6) is 11.5 Å². The van der Waals surface area contributed by atoms with Crippen LogP contribution >= 0.6 is 0 Å². The van der Waals surface area contributed by atoms with E-state index >= 15 is 0 Å². The van der Waals surface area contributed by atoms with Crippen LogP contribution in [0.15, 0.2) is 51.8 Å². The van der Waals surface area contributed by atoms with Gasteiger partial charge in [-0.2, -0.15) is 0 Å². The van der Waals surface area contributed by atoms with Crippen molar-refractivity contribution in [3.05, 3.63) is 69.7 Å². The first-order chi connectivity index (χ1) is 16.7. The summed E-state index contributed by atoms with van der Waals surface area (Å²) < 4.78 is 11.3. The van der Waals surface area contributed by atoms with E-state index in [1.165, 1.54) is 19.1 Å². The Morgan fingerprint density at radius 3 is 2.66 bits per heavy atom. The molecule has 2 aromatic carbocycles. The highest BCUT2D eigenvalue weighted by Gasteiger charge is 2.26. The fourth-order valence-electron chi connectivity index (χ4n) is 4.13. The number of aromatic nitrogens is 1. The van der Waals surface area contributed by atoms with Crippen molar-refractivity contribution in [2.45, 2.75) is 45.8 Å². The standard InChI is InChI=1S/C26H26N2O7/c1-4-15-10-23(30)35-22-8-13(2)7-21(24(15)22)34-14(3)25(31)28-20(26(32)33)9-16-12-27-19-6-5-17(29)11-18(16)19/h5-8,10-12,14,20,27,29H,4,9H2,1-3H3,(H,28,31)(H,32,33)/t14-,20+/m0/s1. The van der Waals surface area contributed by atoms with Crippen molar-refractivity contribution in [3.8, 4) is 11.5 Å². The van der Waals surface area contributed by atoms with E-state index in [4.69, 9.17) is 9.15 Å². The summed E-state index contributed by atoms with van der Waals surface area (Å²) in [4.78, 5) is 39.8. The van der Waals surface area contributed by atoms with Gasteiger partial charge < -0.3 is 29.7 Å². The molecule has 2 aromatic heterocycles. The average Bonchev–Trinajstić information content (AvgIpc) is 3.19. The molecule has 2 atom stereocenters. The van der Waals surface area contributed by atoms with Gasteiger partial charge in [0, 0.05) is 29.6 Å². The van der Waals surface area contributed by atoms with Gasteiger partial charge in [-0.1, -0.05) is 6.92 Å². The predicted octanol–water partition coefficient (Wildman–Crippen LogP) is 3.43. The van der Waals surface area contributed by atoms with Crippen LogP contribution in [0.1, 0.15) is 30.5 Å². The Kier molecular flexibility index (Phi) is 6.50. The van der Waals surface area contributed by atoms with Gasteiger partial charge in [0.05, 0.1) is 5.39 Å². The van der Waals surface area contributed by atoms with Crippen molar-refractivity contribution in [1.82, 2.24) is 10.3 Å². The minimum absolute atomic E-state index is 0.00968. The lowest BCUT2D eigenvalue weighted by Crippen LogP contribution is -2.47. The number of hydrogen-bond acceptors (Lipinski definition) is 6. The summed E-state index contributed by atoms with van der Waals surface area (Å²) >= 11 is 0. The van der Waals surface area contributed by atoms with E-state index in [2.05, 4.69) is 10.3 Å². The molecule has 0 saturated heterocycles. The molecule has 0 aliphatic rings. The maximum Gasteiger partial charge on any atom is 0.336 e. The van der Waals surface area contributed by atoms with Gasteiger partial charge in [0.25, 0.3) is 5.91 Å². The lowest BCUT2D eigenvalue weighted by Gasteiger charge is -2.20. The lowest BCUT2D eigenvalue weighted by atomic mass is 10.0. The highest BCUT2D eigenvalue weighted by Crippen LogP contribution is 2.31. The summed E-state index contributed by atoms with van der Waals surface area (Å²) in [5.74, 6) is -1.37. The van der Waals surface area contributed by atoms with Gasteiger partial charge in [-0.25, -0.2) is 9.59 Å². The van der Waals surface area contributed by atoms with E-state index in [1.54, 1.807) is 30.5 Å². The van der Waals surface area contributed by atoms with Gasteiger partial charge in [-0.3, -0.25) is 4.79 Å². The average molecular weight is 479 g/mol. The number of nitrogens with one attached hydrogen (secondary N) is 2. The number of phenolic OH excluding ortho intramolecular Hbond substituents is 1. The van der Waals surface area contributed by atoms with Crippen LogP contribution in [0, 0.1) is 6.92 Å². The number of aliphatic carboxylic acids is 1. The molecule has 0 saturated carbocycles. The number of benzene rings is 2. The number of phenols is 1. The number of aryl methyl sites for hydroxylation is 2. The van der Waals surface area contributed by atoms with Crippen molar-refractivity contribution >= 4 is 33.7 Å². The summed E-state index contributed by atoms with van der Waals surface area (Å²) in [7, 11) is 0. The Bertz CT molecular complexity index is 1480. The third-order valence-electron chi connectivity index (χ3n) is 5.88. The third kappa shape index (κ3) is 4.98. The summed E-state index contributed by atoms with van der Waals surface area (Å²) in [5, 5.41) is 23.3. The molecular weight excluding hydrogens is 452 g/mol. The molecule has 4 rings (SSSR count).